The first kappa shape index (κ1) is 25.7. The number of rotatable bonds is 6. The number of aromatic hydroxyl groups is 1. The van der Waals surface area contributed by atoms with Gasteiger partial charge in [0, 0.05) is 22.9 Å². The van der Waals surface area contributed by atoms with Gasteiger partial charge in [0.05, 0.1) is 17.5 Å². The van der Waals surface area contributed by atoms with Gasteiger partial charge in [-0.3, -0.25) is 19.4 Å². The molecule has 1 aliphatic heterocycles. The van der Waals surface area contributed by atoms with E-state index in [1.165, 1.54) is 16.7 Å². The van der Waals surface area contributed by atoms with E-state index < -0.39 is 0 Å². The summed E-state index contributed by atoms with van der Waals surface area (Å²) in [6.45, 7) is 0. The van der Waals surface area contributed by atoms with E-state index >= 15 is 0 Å². The Morgan fingerprint density at radius 1 is 1.15 bits per heavy atom. The molecule has 202 valence electrons. The molecule has 4 N–H and O–H groups in total. The van der Waals surface area contributed by atoms with E-state index in [0.29, 0.717) is 40.8 Å². The van der Waals surface area contributed by atoms with Gasteiger partial charge in [-0.1, -0.05) is 41.9 Å². The number of hydrazone groups is 1. The molecule has 2 aromatic heterocycles. The van der Waals surface area contributed by atoms with Crippen molar-refractivity contribution in [3.8, 4) is 5.88 Å². The smallest absolute Gasteiger partial charge is 0.294 e. The predicted octanol–water partition coefficient (Wildman–Crippen LogP) is 5.58. The molecule has 1 atom stereocenters. The van der Waals surface area contributed by atoms with Crippen LogP contribution in [0.1, 0.15) is 35.9 Å². The molecule has 0 saturated carbocycles. The highest BCUT2D eigenvalue weighted by atomic mass is 35.5. The molecule has 0 radical (unpaired) electrons. The quantitative estimate of drug-likeness (QED) is 0.175. The molecule has 0 fully saturated rings. The van der Waals surface area contributed by atoms with Crippen molar-refractivity contribution in [3.63, 3.8) is 0 Å². The van der Waals surface area contributed by atoms with Crippen molar-refractivity contribution in [1.82, 2.24) is 20.2 Å². The van der Waals surface area contributed by atoms with E-state index in [1.54, 1.807) is 4.68 Å². The Balaban J connectivity index is 1.31. The number of aromatic nitrogens is 3. The lowest BCUT2D eigenvalue weighted by atomic mass is 9.85. The maximum absolute atomic E-state index is 13.1. The van der Waals surface area contributed by atoms with Crippen LogP contribution in [0.2, 0.25) is 5.02 Å². The van der Waals surface area contributed by atoms with Gasteiger partial charge < -0.3 is 10.4 Å². The number of aromatic amines is 1. The van der Waals surface area contributed by atoms with Gasteiger partial charge in [0.15, 0.2) is 11.5 Å². The Hall–Kier alpha value is -4.55. The molecule has 0 spiro atoms. The van der Waals surface area contributed by atoms with Crippen LogP contribution in [0.4, 0.5) is 17.2 Å². The standard InChI is InChI=1S/C27H23ClN8O3S/c28-16-8-6-15(7-9-16)25-19-12-18(32-33-21(37)13-23-30-22(38)14-40-23)10-11-20(19)29-26-24(27(39)35-36(25)26)34-31-17-4-2-1-3-5-17/h1-9,14,25,29,38H,10-13H2,(H,33,37)(H,35,39). The molecule has 6 rings (SSSR count). The highest BCUT2D eigenvalue weighted by Gasteiger charge is 2.35. The summed E-state index contributed by atoms with van der Waals surface area (Å²) in [7, 11) is 0. The Morgan fingerprint density at radius 2 is 1.95 bits per heavy atom. The van der Waals surface area contributed by atoms with Crippen LogP contribution in [-0.4, -0.2) is 31.5 Å². The number of nitrogens with zero attached hydrogens (tertiary/aromatic N) is 5. The van der Waals surface area contributed by atoms with Crippen molar-refractivity contribution >= 4 is 51.7 Å². The number of carbonyl (C=O) groups is 1. The predicted molar refractivity (Wildman–Crippen MR) is 153 cm³/mol. The fraction of sp³-hybridized carbons (Fsp3) is 0.185. The number of nitrogens with one attached hydrogen (secondary N) is 3. The Bertz CT molecular complexity index is 1720. The van der Waals surface area contributed by atoms with Gasteiger partial charge in [0.2, 0.25) is 11.8 Å². The minimum absolute atomic E-state index is 0.0270. The van der Waals surface area contributed by atoms with Crippen LogP contribution < -0.4 is 16.3 Å². The van der Waals surface area contributed by atoms with Crippen molar-refractivity contribution < 1.29 is 9.90 Å². The topological polar surface area (TPSA) is 149 Å². The van der Waals surface area contributed by atoms with Crippen LogP contribution in [0.25, 0.3) is 0 Å². The Morgan fingerprint density at radius 3 is 2.70 bits per heavy atom. The third-order valence-corrected chi connectivity index (χ3v) is 7.69. The largest absolute Gasteiger partial charge is 0.493 e. The first-order chi connectivity index (χ1) is 19.4. The van der Waals surface area contributed by atoms with Crippen molar-refractivity contribution in [2.24, 2.45) is 15.3 Å². The van der Waals surface area contributed by atoms with Gasteiger partial charge in [0.25, 0.3) is 5.56 Å². The molecule has 1 unspecified atom stereocenters. The molecule has 1 aliphatic carbocycles. The second kappa shape index (κ2) is 10.9. The lowest BCUT2D eigenvalue weighted by Gasteiger charge is -2.35. The summed E-state index contributed by atoms with van der Waals surface area (Å²) >= 11 is 7.39. The molecule has 2 aliphatic rings. The maximum atomic E-state index is 13.1. The summed E-state index contributed by atoms with van der Waals surface area (Å²) in [6.07, 6.45) is 1.75. The fourth-order valence-electron chi connectivity index (χ4n) is 4.79. The summed E-state index contributed by atoms with van der Waals surface area (Å²) < 4.78 is 1.76. The number of hydrogen-bond donors (Lipinski definition) is 4. The zero-order valence-corrected chi connectivity index (χ0v) is 22.5. The molecule has 0 bridgehead atoms. The van der Waals surface area contributed by atoms with Crippen LogP contribution in [-0.2, 0) is 11.2 Å². The number of thiazole rings is 1. The molecule has 1 amide bonds. The minimum Gasteiger partial charge on any atom is -0.493 e. The second-order valence-corrected chi connectivity index (χ2v) is 10.7. The molecular weight excluding hydrogens is 552 g/mol. The number of hydrogen-bond acceptors (Lipinski definition) is 9. The van der Waals surface area contributed by atoms with E-state index in [-0.39, 0.29) is 35.5 Å². The summed E-state index contributed by atoms with van der Waals surface area (Å²) in [6, 6.07) is 16.3. The molecule has 0 saturated heterocycles. The summed E-state index contributed by atoms with van der Waals surface area (Å²) in [5.74, 6) is 0.114. The van der Waals surface area contributed by atoms with Gasteiger partial charge in [-0.2, -0.15) is 10.2 Å². The van der Waals surface area contributed by atoms with Crippen LogP contribution in [0, 0.1) is 0 Å². The highest BCUT2D eigenvalue weighted by Crippen LogP contribution is 2.43. The van der Waals surface area contributed by atoms with Gasteiger partial charge in [0.1, 0.15) is 11.0 Å². The first-order valence-corrected chi connectivity index (χ1v) is 13.7. The van der Waals surface area contributed by atoms with E-state index in [2.05, 4.69) is 36.2 Å². The molecule has 2 aromatic carbocycles. The third kappa shape index (κ3) is 5.31. The number of H-pyrrole nitrogens is 1. The average Bonchev–Trinajstić information content (AvgIpc) is 3.51. The summed E-state index contributed by atoms with van der Waals surface area (Å²) in [5, 5.41) is 31.3. The lowest BCUT2D eigenvalue weighted by Crippen LogP contribution is -2.30. The first-order valence-electron chi connectivity index (χ1n) is 12.5. The van der Waals surface area contributed by atoms with E-state index in [4.69, 9.17) is 11.6 Å². The Kier molecular flexibility index (Phi) is 7.01. The summed E-state index contributed by atoms with van der Waals surface area (Å²) in [5.41, 5.74) is 6.78. The average molecular weight is 575 g/mol. The molecule has 11 nitrogen and oxygen atoms in total. The van der Waals surface area contributed by atoms with Crippen LogP contribution in [0.15, 0.2) is 91.4 Å². The lowest BCUT2D eigenvalue weighted by molar-refractivity contribution is -0.120. The second-order valence-electron chi connectivity index (χ2n) is 9.29. The number of anilines is 1. The number of azo groups is 1. The van der Waals surface area contributed by atoms with Crippen LogP contribution in [0.5, 0.6) is 5.88 Å². The number of benzene rings is 2. The van der Waals surface area contributed by atoms with Gasteiger partial charge >= 0.3 is 0 Å². The molecule has 40 heavy (non-hydrogen) atoms. The van der Waals surface area contributed by atoms with Crippen LogP contribution >= 0.6 is 22.9 Å². The highest BCUT2D eigenvalue weighted by molar-refractivity contribution is 7.09. The van der Waals surface area contributed by atoms with Crippen molar-refractivity contribution in [3.05, 3.63) is 97.2 Å². The minimum atomic E-state index is -0.365. The molecular formula is C27H23ClN8O3S. The Labute approximate surface area is 236 Å². The number of carbonyl (C=O) groups excluding carboxylic acids is 1. The molecule has 13 heteroatoms. The zero-order chi connectivity index (χ0) is 27.6. The van der Waals surface area contributed by atoms with E-state index in [1.807, 2.05) is 54.6 Å². The van der Waals surface area contributed by atoms with E-state index in [9.17, 15) is 14.7 Å². The SMILES string of the molecule is O=C(Cc1nc(O)cs1)NN=C1CCC2=C(C1)C(c1ccc(Cl)cc1)n1[nH]c(=O)c(N=Nc3ccccc3)c1N2. The number of amides is 1. The maximum Gasteiger partial charge on any atom is 0.294 e. The van der Waals surface area contributed by atoms with Crippen molar-refractivity contribution in [2.45, 2.75) is 31.7 Å². The monoisotopic (exact) mass is 574 g/mol. The third-order valence-electron chi connectivity index (χ3n) is 6.60. The van der Waals surface area contributed by atoms with Crippen molar-refractivity contribution in [1.29, 1.82) is 0 Å². The molecule has 3 heterocycles. The number of halogens is 1. The summed E-state index contributed by atoms with van der Waals surface area (Å²) in [4.78, 5) is 29.4. The fourth-order valence-corrected chi connectivity index (χ4v) is 5.57. The van der Waals surface area contributed by atoms with Gasteiger partial charge in [-0.05, 0) is 48.2 Å². The number of allylic oxidation sites excluding steroid dienone is 2. The van der Waals surface area contributed by atoms with Crippen LogP contribution in [0.3, 0.4) is 0 Å². The van der Waals surface area contributed by atoms with E-state index in [0.717, 1.165) is 22.5 Å². The van der Waals surface area contributed by atoms with Crippen molar-refractivity contribution in [2.75, 3.05) is 5.32 Å². The number of fused-ring (bicyclic) bond motifs is 1. The van der Waals surface area contributed by atoms with Gasteiger partial charge in [-0.25, -0.2) is 10.4 Å². The van der Waals surface area contributed by atoms with Gasteiger partial charge in [-0.15, -0.1) is 16.5 Å². The normalized spacial score (nSPS) is 17.5. The molecule has 4 aromatic rings. The zero-order valence-electron chi connectivity index (χ0n) is 21.0.